The summed E-state index contributed by atoms with van der Waals surface area (Å²) < 4.78 is 104. The van der Waals surface area contributed by atoms with Crippen LogP contribution in [0.4, 0.5) is 30.7 Å². The lowest BCUT2D eigenvalue weighted by Crippen LogP contribution is -2.05. The van der Waals surface area contributed by atoms with Crippen LogP contribution >= 0.6 is 11.6 Å². The number of halogens is 8. The average molecular weight is 519 g/mol. The molecule has 0 saturated carbocycles. The van der Waals surface area contributed by atoms with E-state index in [0.717, 1.165) is 11.1 Å². The summed E-state index contributed by atoms with van der Waals surface area (Å²) >= 11 is 6.17. The lowest BCUT2D eigenvalue weighted by Gasteiger charge is -2.21. The van der Waals surface area contributed by atoms with Crippen LogP contribution in [0.1, 0.15) is 11.1 Å². The molecule has 5 aromatic rings. The van der Waals surface area contributed by atoms with Gasteiger partial charge in [0.05, 0.1) is 5.02 Å². The molecular weight excluding hydrogens is 505 g/mol. The van der Waals surface area contributed by atoms with Crippen molar-refractivity contribution in [2.75, 3.05) is 0 Å². The summed E-state index contributed by atoms with van der Waals surface area (Å²) in [7, 11) is 0. The van der Waals surface area contributed by atoms with Crippen molar-refractivity contribution >= 4 is 33.1 Å². The lowest BCUT2D eigenvalue weighted by atomic mass is 9.83. The zero-order chi connectivity index (χ0) is 26.0. The summed E-state index contributed by atoms with van der Waals surface area (Å²) in [5.41, 5.74) is 1.76. The van der Waals surface area contributed by atoms with E-state index in [0.29, 0.717) is 0 Å². The van der Waals surface area contributed by atoms with Crippen molar-refractivity contribution in [3.05, 3.63) is 105 Å². The Morgan fingerprint density at radius 3 is 1.19 bits per heavy atom. The molecule has 5 rings (SSSR count). The van der Waals surface area contributed by atoms with Crippen LogP contribution in [0.3, 0.4) is 0 Å². The van der Waals surface area contributed by atoms with Crippen molar-refractivity contribution in [1.29, 1.82) is 0 Å². The van der Waals surface area contributed by atoms with Gasteiger partial charge in [-0.1, -0.05) is 71.3 Å². The maximum Gasteiger partial charge on any atom is 0.198 e. The SMILES string of the molecule is Cc1ccc(-c2c(-c3ccc(C)cc3)c3c(Cl)c(F)c(F)c(F)c3c3c(F)c(F)c(F)c(F)c23)cc1. The molecular formula is C28H14ClF7. The lowest BCUT2D eigenvalue weighted by molar-refractivity contribution is 0.418. The third-order valence-electron chi connectivity index (χ3n) is 6.21. The van der Waals surface area contributed by atoms with Gasteiger partial charge in [-0.3, -0.25) is 0 Å². The van der Waals surface area contributed by atoms with Gasteiger partial charge in [-0.2, -0.15) is 0 Å². The van der Waals surface area contributed by atoms with Gasteiger partial charge in [0.1, 0.15) is 0 Å². The van der Waals surface area contributed by atoms with E-state index in [2.05, 4.69) is 0 Å². The summed E-state index contributed by atoms with van der Waals surface area (Å²) in [5, 5.41) is -4.36. The first-order valence-corrected chi connectivity index (χ1v) is 11.0. The van der Waals surface area contributed by atoms with E-state index < -0.39 is 67.3 Å². The molecule has 0 bridgehead atoms. The molecule has 0 unspecified atom stereocenters. The molecule has 5 aromatic carbocycles. The minimum absolute atomic E-state index is 0.103. The molecule has 0 aliphatic heterocycles. The fraction of sp³-hybridized carbons (Fsp3) is 0.0714. The topological polar surface area (TPSA) is 0 Å². The summed E-state index contributed by atoms with van der Waals surface area (Å²) in [4.78, 5) is 0. The predicted octanol–water partition coefficient (Wildman–Crippen LogP) is 9.57. The number of rotatable bonds is 2. The maximum atomic E-state index is 15.5. The zero-order valence-corrected chi connectivity index (χ0v) is 19.4. The first-order chi connectivity index (χ1) is 17.0. The van der Waals surface area contributed by atoms with Crippen LogP contribution in [0, 0.1) is 54.6 Å². The van der Waals surface area contributed by atoms with Crippen molar-refractivity contribution in [3.63, 3.8) is 0 Å². The average Bonchev–Trinajstić information content (AvgIpc) is 2.87. The second kappa shape index (κ2) is 8.52. The van der Waals surface area contributed by atoms with Crippen LogP contribution in [-0.2, 0) is 0 Å². The van der Waals surface area contributed by atoms with Gasteiger partial charge in [0.25, 0.3) is 0 Å². The van der Waals surface area contributed by atoms with Gasteiger partial charge in [-0.05, 0) is 30.5 Å². The summed E-state index contributed by atoms with van der Waals surface area (Å²) in [6.07, 6.45) is 0. The Morgan fingerprint density at radius 2 is 0.750 bits per heavy atom. The van der Waals surface area contributed by atoms with E-state index in [9.17, 15) is 17.6 Å². The molecule has 36 heavy (non-hydrogen) atoms. The van der Waals surface area contributed by atoms with Gasteiger partial charge >= 0.3 is 0 Å². The van der Waals surface area contributed by atoms with E-state index in [1.807, 2.05) is 0 Å². The molecule has 182 valence electrons. The van der Waals surface area contributed by atoms with Gasteiger partial charge in [0.2, 0.25) is 0 Å². The molecule has 0 aliphatic rings. The van der Waals surface area contributed by atoms with Gasteiger partial charge in [-0.15, -0.1) is 0 Å². The maximum absolute atomic E-state index is 15.5. The number of fused-ring (bicyclic) bond motifs is 3. The quantitative estimate of drug-likeness (QED) is 0.0944. The molecule has 0 aromatic heterocycles. The normalized spacial score (nSPS) is 11.6. The Hall–Kier alpha value is -3.58. The molecule has 0 atom stereocenters. The monoisotopic (exact) mass is 518 g/mol. The molecule has 8 heteroatoms. The van der Waals surface area contributed by atoms with E-state index in [-0.39, 0.29) is 22.3 Å². The highest BCUT2D eigenvalue weighted by molar-refractivity contribution is 6.39. The Labute approximate surface area is 205 Å². The molecule has 0 saturated heterocycles. The molecule has 0 fully saturated rings. The van der Waals surface area contributed by atoms with Crippen LogP contribution in [0.15, 0.2) is 48.5 Å². The molecule has 0 heterocycles. The zero-order valence-electron chi connectivity index (χ0n) is 18.6. The van der Waals surface area contributed by atoms with Gasteiger partial charge < -0.3 is 0 Å². The third kappa shape index (κ3) is 3.37. The van der Waals surface area contributed by atoms with E-state index >= 15 is 13.2 Å². The number of hydrogen-bond donors (Lipinski definition) is 0. The van der Waals surface area contributed by atoms with Crippen molar-refractivity contribution in [2.24, 2.45) is 0 Å². The predicted molar refractivity (Wildman–Crippen MR) is 127 cm³/mol. The Balaban J connectivity index is 2.23. The fourth-order valence-corrected chi connectivity index (χ4v) is 4.74. The first kappa shape index (κ1) is 24.1. The second-order valence-corrected chi connectivity index (χ2v) is 8.87. The molecule has 0 nitrogen and oxygen atoms in total. The molecule has 0 aliphatic carbocycles. The molecule has 0 spiro atoms. The van der Waals surface area contributed by atoms with Crippen LogP contribution < -0.4 is 0 Å². The van der Waals surface area contributed by atoms with Crippen LogP contribution in [0.2, 0.25) is 5.02 Å². The van der Waals surface area contributed by atoms with E-state index in [1.165, 1.54) is 24.3 Å². The number of hydrogen-bond acceptors (Lipinski definition) is 0. The second-order valence-electron chi connectivity index (χ2n) is 8.49. The standard InChI is InChI=1S/C28H14ClF7/c1-11-3-7-13(8-4-11)15-16(14-9-5-12(2)6-10-14)18-20(24(32)28(36)27(35)22(18)30)19-17(15)21(29)25(33)26(34)23(19)31/h3-10H,1-2H3. The Bertz CT molecular complexity index is 1580. The Morgan fingerprint density at radius 1 is 0.417 bits per heavy atom. The van der Waals surface area contributed by atoms with E-state index in [4.69, 9.17) is 11.6 Å². The van der Waals surface area contributed by atoms with Gasteiger partial charge in [0.15, 0.2) is 40.7 Å². The van der Waals surface area contributed by atoms with Crippen molar-refractivity contribution in [1.82, 2.24) is 0 Å². The van der Waals surface area contributed by atoms with Crippen LogP contribution in [-0.4, -0.2) is 0 Å². The minimum Gasteiger partial charge on any atom is -0.203 e. The molecule has 0 amide bonds. The smallest absolute Gasteiger partial charge is 0.198 e. The van der Waals surface area contributed by atoms with Crippen molar-refractivity contribution < 1.29 is 30.7 Å². The van der Waals surface area contributed by atoms with Gasteiger partial charge in [0, 0.05) is 27.1 Å². The largest absolute Gasteiger partial charge is 0.203 e. The number of benzene rings is 5. The Kier molecular flexibility index (Phi) is 5.71. The highest BCUT2D eigenvalue weighted by Gasteiger charge is 2.32. The molecule has 0 N–H and O–H groups in total. The van der Waals surface area contributed by atoms with Crippen molar-refractivity contribution in [2.45, 2.75) is 13.8 Å². The first-order valence-electron chi connectivity index (χ1n) is 10.7. The van der Waals surface area contributed by atoms with E-state index in [1.54, 1.807) is 38.1 Å². The van der Waals surface area contributed by atoms with Crippen molar-refractivity contribution in [3.8, 4) is 22.3 Å². The highest BCUT2D eigenvalue weighted by Crippen LogP contribution is 2.50. The molecule has 0 radical (unpaired) electrons. The number of aryl methyl sites for hydroxylation is 2. The third-order valence-corrected chi connectivity index (χ3v) is 6.57. The fourth-order valence-electron chi connectivity index (χ4n) is 4.47. The minimum atomic E-state index is -2.22. The van der Waals surface area contributed by atoms with Crippen LogP contribution in [0.5, 0.6) is 0 Å². The summed E-state index contributed by atoms with van der Waals surface area (Å²) in [6, 6.07) is 12.7. The highest BCUT2D eigenvalue weighted by atomic mass is 35.5. The van der Waals surface area contributed by atoms with Gasteiger partial charge in [-0.25, -0.2) is 30.7 Å². The summed E-state index contributed by atoms with van der Waals surface area (Å²) in [5.74, 6) is -13.8. The van der Waals surface area contributed by atoms with Crippen LogP contribution in [0.25, 0.3) is 43.8 Å². The summed E-state index contributed by atoms with van der Waals surface area (Å²) in [6.45, 7) is 3.54.